The second-order valence-corrected chi connectivity index (χ2v) is 6.44. The number of fused-ring (bicyclic) bond motifs is 1. The first kappa shape index (κ1) is 14.4. The highest BCUT2D eigenvalue weighted by Gasteiger charge is 2.09. The smallest absolute Gasteiger partial charge is 0.106 e. The first-order valence-corrected chi connectivity index (χ1v) is 8.32. The molecule has 0 aliphatic heterocycles. The fourth-order valence-corrected chi connectivity index (χ4v) is 3.34. The summed E-state index contributed by atoms with van der Waals surface area (Å²) in [6.07, 6.45) is 1.06. The van der Waals surface area contributed by atoms with E-state index in [2.05, 4.69) is 47.6 Å². The van der Waals surface area contributed by atoms with Crippen LogP contribution in [0.15, 0.2) is 48.0 Å². The van der Waals surface area contributed by atoms with Crippen LogP contribution in [-0.2, 0) is 0 Å². The molecule has 1 unspecified atom stereocenters. The fraction of sp³-hybridized carbons (Fsp3) is 0.235. The average molecular weight is 317 g/mol. The van der Waals surface area contributed by atoms with Crippen LogP contribution < -0.4 is 5.32 Å². The summed E-state index contributed by atoms with van der Waals surface area (Å²) in [7, 11) is 0. The molecular weight excluding hydrogens is 300 g/mol. The van der Waals surface area contributed by atoms with Gasteiger partial charge >= 0.3 is 0 Å². The van der Waals surface area contributed by atoms with Gasteiger partial charge in [-0.3, -0.25) is 0 Å². The highest BCUT2D eigenvalue weighted by atomic mass is 35.5. The zero-order valence-corrected chi connectivity index (χ0v) is 13.4. The van der Waals surface area contributed by atoms with Crippen molar-refractivity contribution < 1.29 is 0 Å². The first-order valence-electron chi connectivity index (χ1n) is 7.06. The van der Waals surface area contributed by atoms with Gasteiger partial charge in [0.25, 0.3) is 0 Å². The van der Waals surface area contributed by atoms with Gasteiger partial charge in [-0.15, -0.1) is 11.3 Å². The van der Waals surface area contributed by atoms with E-state index in [0.29, 0.717) is 5.92 Å². The zero-order chi connectivity index (χ0) is 14.7. The summed E-state index contributed by atoms with van der Waals surface area (Å²) in [4.78, 5) is 4.41. The van der Waals surface area contributed by atoms with Gasteiger partial charge in [-0.1, -0.05) is 48.9 Å². The van der Waals surface area contributed by atoms with Crippen LogP contribution in [0.4, 0.5) is 5.69 Å². The minimum atomic E-state index is 0.520. The second-order valence-electron chi connectivity index (χ2n) is 5.15. The Morgan fingerprint density at radius 2 is 2.00 bits per heavy atom. The summed E-state index contributed by atoms with van der Waals surface area (Å²) >= 11 is 7.93. The van der Waals surface area contributed by atoms with E-state index in [4.69, 9.17) is 11.6 Å². The number of nitrogens with one attached hydrogen (secondary N) is 1. The molecule has 0 saturated carbocycles. The van der Waals surface area contributed by atoms with Crippen LogP contribution >= 0.6 is 22.9 Å². The summed E-state index contributed by atoms with van der Waals surface area (Å²) in [6.45, 7) is 3.13. The molecule has 1 atom stereocenters. The number of hydrogen-bond acceptors (Lipinski definition) is 3. The average Bonchev–Trinajstić information content (AvgIpc) is 2.99. The Bertz CT molecular complexity index is 724. The van der Waals surface area contributed by atoms with E-state index in [1.807, 2.05) is 17.6 Å². The zero-order valence-electron chi connectivity index (χ0n) is 11.8. The van der Waals surface area contributed by atoms with Crippen molar-refractivity contribution in [1.29, 1.82) is 0 Å². The maximum Gasteiger partial charge on any atom is 0.106 e. The van der Waals surface area contributed by atoms with Gasteiger partial charge in [-0.2, -0.15) is 0 Å². The van der Waals surface area contributed by atoms with Crippen LogP contribution in [0.5, 0.6) is 0 Å². The van der Waals surface area contributed by atoms with Crippen molar-refractivity contribution in [1.82, 2.24) is 4.98 Å². The van der Waals surface area contributed by atoms with E-state index >= 15 is 0 Å². The SMILES string of the molecule is CC(CCNc1c(Cl)ccc2scnc12)c1ccccc1. The molecule has 0 saturated heterocycles. The number of rotatable bonds is 5. The van der Waals surface area contributed by atoms with Gasteiger partial charge in [-0.05, 0) is 30.0 Å². The van der Waals surface area contributed by atoms with Crippen LogP contribution in [0.1, 0.15) is 24.8 Å². The molecule has 3 rings (SSSR count). The second kappa shape index (κ2) is 6.46. The first-order chi connectivity index (χ1) is 10.3. The molecule has 0 aliphatic carbocycles. The summed E-state index contributed by atoms with van der Waals surface area (Å²) in [5.41, 5.74) is 5.16. The van der Waals surface area contributed by atoms with Crippen molar-refractivity contribution in [3.63, 3.8) is 0 Å². The Morgan fingerprint density at radius 1 is 1.19 bits per heavy atom. The lowest BCUT2D eigenvalue weighted by Gasteiger charge is -2.14. The quantitative estimate of drug-likeness (QED) is 0.667. The summed E-state index contributed by atoms with van der Waals surface area (Å²) < 4.78 is 1.16. The van der Waals surface area contributed by atoms with Gasteiger partial charge in [-0.25, -0.2) is 4.98 Å². The molecule has 21 heavy (non-hydrogen) atoms. The Balaban J connectivity index is 1.67. The van der Waals surface area contributed by atoms with Gasteiger partial charge in [0.2, 0.25) is 0 Å². The summed E-state index contributed by atoms with van der Waals surface area (Å²) in [5, 5.41) is 4.19. The highest BCUT2D eigenvalue weighted by molar-refractivity contribution is 7.16. The standard InChI is InChI=1S/C17H17ClN2S/c1-12(13-5-3-2-4-6-13)9-10-19-16-14(18)7-8-15-17(16)20-11-21-15/h2-8,11-12,19H,9-10H2,1H3. The van der Waals surface area contributed by atoms with Gasteiger partial charge in [0.15, 0.2) is 0 Å². The molecule has 1 heterocycles. The van der Waals surface area contributed by atoms with E-state index in [-0.39, 0.29) is 0 Å². The van der Waals surface area contributed by atoms with E-state index < -0.39 is 0 Å². The number of aromatic nitrogens is 1. The van der Waals surface area contributed by atoms with Gasteiger partial charge in [0.05, 0.1) is 20.9 Å². The maximum atomic E-state index is 6.29. The molecule has 0 bridgehead atoms. The van der Waals surface area contributed by atoms with Crippen LogP contribution in [0, 0.1) is 0 Å². The number of benzene rings is 2. The van der Waals surface area contributed by atoms with Crippen molar-refractivity contribution in [2.45, 2.75) is 19.3 Å². The van der Waals surface area contributed by atoms with Gasteiger partial charge < -0.3 is 5.32 Å². The molecule has 1 N–H and O–H groups in total. The third kappa shape index (κ3) is 3.20. The number of nitrogens with zero attached hydrogens (tertiary/aromatic N) is 1. The van der Waals surface area contributed by atoms with Gasteiger partial charge in [0.1, 0.15) is 5.52 Å². The van der Waals surface area contributed by atoms with Gasteiger partial charge in [0, 0.05) is 6.54 Å². The molecule has 108 valence electrons. The number of hydrogen-bond donors (Lipinski definition) is 1. The van der Waals surface area contributed by atoms with Crippen LogP contribution in [0.25, 0.3) is 10.2 Å². The Labute approximate surface area is 133 Å². The van der Waals surface area contributed by atoms with Crippen molar-refractivity contribution >= 4 is 38.8 Å². The normalized spacial score (nSPS) is 12.5. The maximum absolute atomic E-state index is 6.29. The van der Waals surface area contributed by atoms with Crippen LogP contribution in [0.2, 0.25) is 5.02 Å². The monoisotopic (exact) mass is 316 g/mol. The molecule has 2 aromatic carbocycles. The van der Waals surface area contributed by atoms with E-state index in [0.717, 1.165) is 33.9 Å². The van der Waals surface area contributed by atoms with Crippen molar-refractivity contribution in [2.75, 3.05) is 11.9 Å². The predicted octanol–water partition coefficient (Wildman–Crippen LogP) is 5.56. The molecule has 0 radical (unpaired) electrons. The third-order valence-corrected chi connectivity index (χ3v) is 4.81. The van der Waals surface area contributed by atoms with E-state index in [1.54, 1.807) is 11.3 Å². The summed E-state index contributed by atoms with van der Waals surface area (Å²) in [5.74, 6) is 0.520. The Kier molecular flexibility index (Phi) is 4.42. The van der Waals surface area contributed by atoms with E-state index in [1.165, 1.54) is 5.56 Å². The summed E-state index contributed by atoms with van der Waals surface area (Å²) in [6, 6.07) is 14.5. The fourth-order valence-electron chi connectivity index (χ4n) is 2.44. The molecule has 2 nitrogen and oxygen atoms in total. The minimum absolute atomic E-state index is 0.520. The predicted molar refractivity (Wildman–Crippen MR) is 92.6 cm³/mol. The highest BCUT2D eigenvalue weighted by Crippen LogP contribution is 2.32. The van der Waals surface area contributed by atoms with E-state index in [9.17, 15) is 0 Å². The molecule has 1 aromatic heterocycles. The molecule has 0 fully saturated rings. The molecule has 4 heteroatoms. The molecule has 0 aliphatic rings. The largest absolute Gasteiger partial charge is 0.382 e. The Morgan fingerprint density at radius 3 is 2.81 bits per heavy atom. The topological polar surface area (TPSA) is 24.9 Å². The van der Waals surface area contributed by atoms with Crippen LogP contribution in [-0.4, -0.2) is 11.5 Å². The lowest BCUT2D eigenvalue weighted by Crippen LogP contribution is -2.06. The Hall–Kier alpha value is -1.58. The molecular formula is C17H17ClN2S. The van der Waals surface area contributed by atoms with Crippen molar-refractivity contribution in [3.05, 3.63) is 58.6 Å². The van der Waals surface area contributed by atoms with Crippen LogP contribution in [0.3, 0.4) is 0 Å². The molecule has 0 spiro atoms. The minimum Gasteiger partial charge on any atom is -0.382 e. The number of thiazole rings is 1. The lowest BCUT2D eigenvalue weighted by molar-refractivity contribution is 0.706. The molecule has 3 aromatic rings. The van der Waals surface area contributed by atoms with Crippen molar-refractivity contribution in [2.24, 2.45) is 0 Å². The third-order valence-electron chi connectivity index (χ3n) is 3.70. The molecule has 0 amide bonds. The number of anilines is 1. The lowest BCUT2D eigenvalue weighted by atomic mass is 9.98. The number of halogens is 1. The van der Waals surface area contributed by atoms with Crippen molar-refractivity contribution in [3.8, 4) is 0 Å².